The Hall–Kier alpha value is -2.83. The van der Waals surface area contributed by atoms with Crippen molar-refractivity contribution in [2.75, 3.05) is 44.2 Å². The summed E-state index contributed by atoms with van der Waals surface area (Å²) in [5, 5.41) is 3.62. The Morgan fingerprint density at radius 1 is 1.03 bits per heavy atom. The second-order valence-electron chi connectivity index (χ2n) is 7.61. The van der Waals surface area contributed by atoms with E-state index in [4.69, 9.17) is 16.0 Å². The predicted octanol–water partition coefficient (Wildman–Crippen LogP) is 3.87. The summed E-state index contributed by atoms with van der Waals surface area (Å²) in [5.74, 6) is 1.18. The van der Waals surface area contributed by atoms with Crippen LogP contribution >= 0.6 is 11.6 Å². The Labute approximate surface area is 187 Å². The average molecular weight is 439 g/mol. The number of hydrogen-bond donors (Lipinski definition) is 1. The number of benzene rings is 2. The molecule has 2 aromatic carbocycles. The summed E-state index contributed by atoms with van der Waals surface area (Å²) in [6.45, 7) is 5.55. The van der Waals surface area contributed by atoms with E-state index < -0.39 is 0 Å². The summed E-state index contributed by atoms with van der Waals surface area (Å²) in [4.78, 5) is 21.3. The molecule has 3 aromatic rings. The third-order valence-corrected chi connectivity index (χ3v) is 5.83. The molecule has 2 heterocycles. The lowest BCUT2D eigenvalue weighted by Crippen LogP contribution is -2.48. The van der Waals surface area contributed by atoms with E-state index in [1.165, 1.54) is 5.69 Å². The van der Waals surface area contributed by atoms with Gasteiger partial charge in [-0.1, -0.05) is 41.9 Å². The van der Waals surface area contributed by atoms with Crippen LogP contribution in [-0.2, 0) is 11.2 Å². The number of para-hydroxylation sites is 1. The molecule has 1 saturated heterocycles. The number of hydrogen-bond acceptors (Lipinski definition) is 5. The van der Waals surface area contributed by atoms with Gasteiger partial charge in [0, 0.05) is 63.4 Å². The molecular weight excluding hydrogens is 412 g/mol. The number of nitrogens with zero attached hydrogens (tertiary/aromatic N) is 3. The maximum Gasteiger partial charge on any atom is 0.220 e. The van der Waals surface area contributed by atoms with Crippen molar-refractivity contribution in [3.8, 4) is 11.3 Å². The van der Waals surface area contributed by atoms with Crippen molar-refractivity contribution in [1.29, 1.82) is 0 Å². The number of nitrogens with one attached hydrogen (secondary N) is 1. The molecule has 162 valence electrons. The second kappa shape index (κ2) is 10.5. The monoisotopic (exact) mass is 438 g/mol. The lowest BCUT2D eigenvalue weighted by molar-refractivity contribution is -0.121. The topological polar surface area (TPSA) is 61.6 Å². The lowest BCUT2D eigenvalue weighted by atomic mass is 10.2. The third kappa shape index (κ3) is 5.87. The standard InChI is InChI=1S/C24H27ClN4O2/c25-21-9-5-4-8-20(21)22-18-27-24(31-22)11-10-23(30)26-12-13-28-14-16-29(17-15-28)19-6-2-1-3-7-19/h1-9,18H,10-17H2,(H,26,30). The molecular formula is C24H27ClN4O2. The summed E-state index contributed by atoms with van der Waals surface area (Å²) in [6, 6.07) is 18.0. The molecule has 1 aliphatic rings. The van der Waals surface area contributed by atoms with Gasteiger partial charge in [0.25, 0.3) is 0 Å². The van der Waals surface area contributed by atoms with Crippen LogP contribution in [0.4, 0.5) is 5.69 Å². The smallest absolute Gasteiger partial charge is 0.220 e. The van der Waals surface area contributed by atoms with Gasteiger partial charge >= 0.3 is 0 Å². The quantitative estimate of drug-likeness (QED) is 0.578. The average Bonchev–Trinajstić information content (AvgIpc) is 3.28. The van der Waals surface area contributed by atoms with Crippen LogP contribution in [0, 0.1) is 0 Å². The van der Waals surface area contributed by atoms with Crippen molar-refractivity contribution >= 4 is 23.2 Å². The van der Waals surface area contributed by atoms with Crippen LogP contribution in [0.5, 0.6) is 0 Å². The largest absolute Gasteiger partial charge is 0.441 e. The van der Waals surface area contributed by atoms with Crippen LogP contribution in [0.25, 0.3) is 11.3 Å². The van der Waals surface area contributed by atoms with Crippen LogP contribution in [0.15, 0.2) is 65.2 Å². The van der Waals surface area contributed by atoms with Gasteiger partial charge in [0.15, 0.2) is 11.7 Å². The molecule has 0 radical (unpaired) electrons. The normalized spacial score (nSPS) is 14.5. The molecule has 1 amide bonds. The number of amides is 1. The van der Waals surface area contributed by atoms with Gasteiger partial charge in [0.05, 0.1) is 11.2 Å². The zero-order valence-corrected chi connectivity index (χ0v) is 18.2. The highest BCUT2D eigenvalue weighted by Gasteiger charge is 2.17. The van der Waals surface area contributed by atoms with E-state index in [2.05, 4.69) is 44.4 Å². The van der Waals surface area contributed by atoms with Gasteiger partial charge in [0.2, 0.25) is 5.91 Å². The van der Waals surface area contributed by atoms with Crippen molar-refractivity contribution in [2.24, 2.45) is 0 Å². The first-order chi connectivity index (χ1) is 15.2. The highest BCUT2D eigenvalue weighted by molar-refractivity contribution is 6.33. The number of piperazine rings is 1. The zero-order chi connectivity index (χ0) is 21.5. The van der Waals surface area contributed by atoms with Gasteiger partial charge in [-0.3, -0.25) is 9.69 Å². The summed E-state index contributed by atoms with van der Waals surface area (Å²) in [7, 11) is 0. The van der Waals surface area contributed by atoms with E-state index in [9.17, 15) is 4.79 Å². The number of rotatable bonds is 8. The first kappa shape index (κ1) is 21.4. The first-order valence-electron chi connectivity index (χ1n) is 10.7. The van der Waals surface area contributed by atoms with Gasteiger partial charge < -0.3 is 14.6 Å². The minimum absolute atomic E-state index is 0.0143. The number of aromatic nitrogens is 1. The summed E-state index contributed by atoms with van der Waals surface area (Å²) in [6.07, 6.45) is 2.47. The van der Waals surface area contributed by atoms with Gasteiger partial charge in [-0.25, -0.2) is 4.98 Å². The fourth-order valence-corrected chi connectivity index (χ4v) is 3.97. The predicted molar refractivity (Wildman–Crippen MR) is 123 cm³/mol. The number of anilines is 1. The van der Waals surface area contributed by atoms with Gasteiger partial charge in [-0.15, -0.1) is 0 Å². The highest BCUT2D eigenvalue weighted by Crippen LogP contribution is 2.28. The molecule has 0 atom stereocenters. The Morgan fingerprint density at radius 2 is 1.77 bits per heavy atom. The van der Waals surface area contributed by atoms with Crippen LogP contribution in [0.2, 0.25) is 5.02 Å². The number of carbonyl (C=O) groups is 1. The zero-order valence-electron chi connectivity index (χ0n) is 17.5. The fraction of sp³-hybridized carbons (Fsp3) is 0.333. The van der Waals surface area contributed by atoms with E-state index in [1.54, 1.807) is 6.20 Å². The molecule has 0 saturated carbocycles. The van der Waals surface area contributed by atoms with Gasteiger partial charge in [0.1, 0.15) is 0 Å². The van der Waals surface area contributed by atoms with Crippen molar-refractivity contribution in [3.05, 3.63) is 71.7 Å². The molecule has 7 heteroatoms. The Bertz CT molecular complexity index is 984. The molecule has 1 fully saturated rings. The number of carbonyl (C=O) groups excluding carboxylic acids is 1. The summed E-state index contributed by atoms with van der Waals surface area (Å²) in [5.41, 5.74) is 2.08. The number of aryl methyl sites for hydroxylation is 1. The number of oxazole rings is 1. The van der Waals surface area contributed by atoms with Crippen LogP contribution in [-0.4, -0.2) is 55.1 Å². The van der Waals surface area contributed by atoms with Gasteiger partial charge in [-0.2, -0.15) is 0 Å². The highest BCUT2D eigenvalue weighted by atomic mass is 35.5. The van der Waals surface area contributed by atoms with Crippen molar-refractivity contribution in [1.82, 2.24) is 15.2 Å². The molecule has 1 N–H and O–H groups in total. The summed E-state index contributed by atoms with van der Waals surface area (Å²) >= 11 is 6.20. The summed E-state index contributed by atoms with van der Waals surface area (Å²) < 4.78 is 5.76. The molecule has 0 spiro atoms. The third-order valence-electron chi connectivity index (χ3n) is 5.50. The van der Waals surface area contributed by atoms with Crippen LogP contribution in [0.3, 0.4) is 0 Å². The number of halogens is 1. The molecule has 0 bridgehead atoms. The van der Waals surface area contributed by atoms with E-state index >= 15 is 0 Å². The maximum atomic E-state index is 12.2. The van der Waals surface area contributed by atoms with Crippen molar-refractivity contribution in [2.45, 2.75) is 12.8 Å². The second-order valence-corrected chi connectivity index (χ2v) is 8.02. The minimum atomic E-state index is 0.0143. The SMILES string of the molecule is O=C(CCc1ncc(-c2ccccc2Cl)o1)NCCN1CCN(c2ccccc2)CC1. The lowest BCUT2D eigenvalue weighted by Gasteiger charge is -2.36. The van der Waals surface area contributed by atoms with Crippen molar-refractivity contribution in [3.63, 3.8) is 0 Å². The van der Waals surface area contributed by atoms with Crippen LogP contribution < -0.4 is 10.2 Å². The molecule has 1 aliphatic heterocycles. The van der Waals surface area contributed by atoms with Crippen LogP contribution in [0.1, 0.15) is 12.3 Å². The Balaban J connectivity index is 1.14. The van der Waals surface area contributed by atoms with E-state index in [-0.39, 0.29) is 5.91 Å². The van der Waals surface area contributed by atoms with E-state index in [1.807, 2.05) is 30.3 Å². The molecule has 0 aliphatic carbocycles. The van der Waals surface area contributed by atoms with Crippen molar-refractivity contribution < 1.29 is 9.21 Å². The van der Waals surface area contributed by atoms with E-state index in [0.717, 1.165) is 38.3 Å². The molecule has 4 rings (SSSR count). The van der Waals surface area contributed by atoms with Gasteiger partial charge in [-0.05, 0) is 24.3 Å². The minimum Gasteiger partial charge on any atom is -0.441 e. The molecule has 0 unspecified atom stereocenters. The molecule has 1 aromatic heterocycles. The Morgan fingerprint density at radius 3 is 2.55 bits per heavy atom. The molecule has 6 nitrogen and oxygen atoms in total. The fourth-order valence-electron chi connectivity index (χ4n) is 3.74. The Kier molecular flexibility index (Phi) is 7.22. The first-order valence-corrected chi connectivity index (χ1v) is 11.1. The molecule has 31 heavy (non-hydrogen) atoms. The van der Waals surface area contributed by atoms with E-state index in [0.29, 0.717) is 36.1 Å². The maximum absolute atomic E-state index is 12.2.